The quantitative estimate of drug-likeness (QED) is 0.871. The average Bonchev–Trinajstić information content (AvgIpc) is 2.26. The Hall–Kier alpha value is -0.470. The first kappa shape index (κ1) is 15.6. The van der Waals surface area contributed by atoms with Gasteiger partial charge < -0.3 is 5.11 Å². The van der Waals surface area contributed by atoms with Gasteiger partial charge in [-0.2, -0.15) is 0 Å². The predicted molar refractivity (Wildman–Crippen MR) is 63.7 cm³/mol. The topological polar surface area (TPSA) is 66.4 Å². The monoisotopic (exact) mass is 319 g/mol. The molecule has 0 spiro atoms. The molecule has 0 amide bonds. The fourth-order valence-corrected chi connectivity index (χ4v) is 3.27. The van der Waals surface area contributed by atoms with Crippen molar-refractivity contribution in [2.75, 3.05) is 13.2 Å². The van der Waals surface area contributed by atoms with Gasteiger partial charge in [0, 0.05) is 0 Å². The van der Waals surface area contributed by atoms with Crippen LogP contribution in [-0.4, -0.2) is 32.6 Å². The number of nitrogens with one attached hydrogen (secondary N) is 1. The molecule has 0 aliphatic carbocycles. The molecule has 4 nitrogen and oxygen atoms in total. The van der Waals surface area contributed by atoms with Crippen LogP contribution < -0.4 is 4.72 Å². The first-order chi connectivity index (χ1) is 8.19. The third-order valence-electron chi connectivity index (χ3n) is 1.94. The Morgan fingerprint density at radius 3 is 2.22 bits per heavy atom. The fraction of sp³-hybridized carbons (Fsp3) is 0.333. The molecule has 0 fully saturated rings. The van der Waals surface area contributed by atoms with Gasteiger partial charge in [0.25, 0.3) is 5.92 Å². The maximum atomic E-state index is 12.8. The van der Waals surface area contributed by atoms with E-state index in [0.29, 0.717) is 0 Å². The first-order valence-corrected chi connectivity index (χ1v) is 6.86. The molecule has 0 aliphatic heterocycles. The van der Waals surface area contributed by atoms with Gasteiger partial charge in [0.15, 0.2) is 0 Å². The summed E-state index contributed by atoms with van der Waals surface area (Å²) < 4.78 is 50.6. The average molecular weight is 320 g/mol. The minimum Gasteiger partial charge on any atom is -0.390 e. The van der Waals surface area contributed by atoms with Crippen LogP contribution in [0.1, 0.15) is 0 Å². The Morgan fingerprint density at radius 1 is 1.28 bits per heavy atom. The molecule has 0 unspecified atom stereocenters. The van der Waals surface area contributed by atoms with Crippen molar-refractivity contribution in [3.8, 4) is 0 Å². The number of halogens is 4. The standard InChI is InChI=1S/C9H9Cl2F2NO3S/c10-6-2-1-3-7(11)8(6)18(16,17)14-4-9(12,13)5-15/h1-3,14-15H,4-5H2. The number of rotatable bonds is 5. The van der Waals surface area contributed by atoms with E-state index >= 15 is 0 Å². The van der Waals surface area contributed by atoms with E-state index in [1.54, 1.807) is 4.72 Å². The molecule has 9 heteroatoms. The Bertz CT molecular complexity index is 516. The van der Waals surface area contributed by atoms with Gasteiger partial charge in [-0.05, 0) is 12.1 Å². The van der Waals surface area contributed by atoms with Crippen LogP contribution in [0.15, 0.2) is 23.1 Å². The van der Waals surface area contributed by atoms with Crippen molar-refractivity contribution in [2.24, 2.45) is 0 Å². The zero-order valence-electron chi connectivity index (χ0n) is 8.83. The number of alkyl halides is 2. The summed E-state index contributed by atoms with van der Waals surface area (Å²) in [5.41, 5.74) is 0. The van der Waals surface area contributed by atoms with E-state index < -0.39 is 34.0 Å². The van der Waals surface area contributed by atoms with Crippen molar-refractivity contribution in [1.29, 1.82) is 0 Å². The molecule has 0 bridgehead atoms. The van der Waals surface area contributed by atoms with Crippen molar-refractivity contribution in [2.45, 2.75) is 10.8 Å². The highest BCUT2D eigenvalue weighted by Gasteiger charge is 2.31. The van der Waals surface area contributed by atoms with E-state index in [9.17, 15) is 17.2 Å². The molecule has 0 radical (unpaired) electrons. The Morgan fingerprint density at radius 2 is 1.78 bits per heavy atom. The summed E-state index contributed by atoms with van der Waals surface area (Å²) in [6.45, 7) is -2.71. The summed E-state index contributed by atoms with van der Waals surface area (Å²) in [5, 5.41) is 7.98. The molecule has 2 N–H and O–H groups in total. The summed E-state index contributed by atoms with van der Waals surface area (Å²) >= 11 is 11.3. The second-order valence-electron chi connectivity index (χ2n) is 3.39. The van der Waals surface area contributed by atoms with E-state index in [-0.39, 0.29) is 10.0 Å². The molecule has 0 atom stereocenters. The largest absolute Gasteiger partial charge is 0.390 e. The molecular weight excluding hydrogens is 311 g/mol. The molecule has 0 aromatic heterocycles. The molecule has 1 aromatic rings. The molecule has 0 saturated heterocycles. The summed E-state index contributed by atoms with van der Waals surface area (Å²) in [6.07, 6.45) is 0. The van der Waals surface area contributed by atoms with E-state index in [2.05, 4.69) is 0 Å². The number of hydrogen-bond donors (Lipinski definition) is 2. The minimum atomic E-state index is -4.27. The van der Waals surface area contributed by atoms with Crippen LogP contribution >= 0.6 is 23.2 Å². The first-order valence-electron chi connectivity index (χ1n) is 4.62. The van der Waals surface area contributed by atoms with Gasteiger partial charge in [0.2, 0.25) is 10.0 Å². The zero-order chi connectivity index (χ0) is 14.0. The second-order valence-corrected chi connectivity index (χ2v) is 5.91. The van der Waals surface area contributed by atoms with Crippen LogP contribution in [0.2, 0.25) is 10.0 Å². The molecule has 0 saturated carbocycles. The lowest BCUT2D eigenvalue weighted by molar-refractivity contribution is -0.0437. The van der Waals surface area contributed by atoms with Crippen LogP contribution in [0.3, 0.4) is 0 Å². The van der Waals surface area contributed by atoms with Crippen molar-refractivity contribution in [3.63, 3.8) is 0 Å². The Kier molecular flexibility index (Phi) is 4.90. The van der Waals surface area contributed by atoms with Gasteiger partial charge in [-0.3, -0.25) is 0 Å². The van der Waals surface area contributed by atoms with Crippen molar-refractivity contribution >= 4 is 33.2 Å². The van der Waals surface area contributed by atoms with Crippen molar-refractivity contribution in [3.05, 3.63) is 28.2 Å². The maximum Gasteiger partial charge on any atom is 0.283 e. The summed E-state index contributed by atoms with van der Waals surface area (Å²) in [5.74, 6) is -3.55. The van der Waals surface area contributed by atoms with Crippen LogP contribution in [0.4, 0.5) is 8.78 Å². The normalized spacial score (nSPS) is 12.7. The maximum absolute atomic E-state index is 12.8. The third kappa shape index (κ3) is 3.76. The van der Waals surface area contributed by atoms with Gasteiger partial charge in [0.1, 0.15) is 11.5 Å². The number of sulfonamides is 1. The number of aliphatic hydroxyl groups is 1. The molecule has 18 heavy (non-hydrogen) atoms. The van der Waals surface area contributed by atoms with Crippen molar-refractivity contribution < 1.29 is 22.3 Å². The highest BCUT2D eigenvalue weighted by molar-refractivity contribution is 7.89. The summed E-state index contributed by atoms with van der Waals surface area (Å²) in [7, 11) is -4.27. The smallest absolute Gasteiger partial charge is 0.283 e. The van der Waals surface area contributed by atoms with Gasteiger partial charge in [-0.15, -0.1) is 0 Å². The summed E-state index contributed by atoms with van der Waals surface area (Å²) in [6, 6.07) is 3.96. The lowest BCUT2D eigenvalue weighted by Gasteiger charge is -2.15. The van der Waals surface area contributed by atoms with Gasteiger partial charge in [0.05, 0.1) is 16.6 Å². The van der Waals surface area contributed by atoms with Gasteiger partial charge >= 0.3 is 0 Å². The van der Waals surface area contributed by atoms with Crippen LogP contribution in [0, 0.1) is 0 Å². The number of benzene rings is 1. The van der Waals surface area contributed by atoms with E-state index in [0.717, 1.165) is 0 Å². The van der Waals surface area contributed by atoms with Crippen LogP contribution in [0.25, 0.3) is 0 Å². The molecule has 102 valence electrons. The second kappa shape index (κ2) is 5.66. The van der Waals surface area contributed by atoms with Gasteiger partial charge in [-0.1, -0.05) is 29.3 Å². The van der Waals surface area contributed by atoms with Crippen LogP contribution in [0.5, 0.6) is 0 Å². The van der Waals surface area contributed by atoms with Crippen LogP contribution in [-0.2, 0) is 10.0 Å². The highest BCUT2D eigenvalue weighted by Crippen LogP contribution is 2.29. The number of aliphatic hydroxyl groups excluding tert-OH is 1. The molecule has 0 heterocycles. The highest BCUT2D eigenvalue weighted by atomic mass is 35.5. The third-order valence-corrected chi connectivity index (χ3v) is 4.30. The van der Waals surface area contributed by atoms with Crippen molar-refractivity contribution in [1.82, 2.24) is 4.72 Å². The fourth-order valence-electron chi connectivity index (χ4n) is 1.07. The summed E-state index contributed by atoms with van der Waals surface area (Å²) in [4.78, 5) is -0.470. The van der Waals surface area contributed by atoms with Gasteiger partial charge in [-0.25, -0.2) is 21.9 Å². The number of hydrogen-bond acceptors (Lipinski definition) is 3. The van der Waals surface area contributed by atoms with E-state index in [1.807, 2.05) is 0 Å². The molecule has 1 rings (SSSR count). The molecular formula is C9H9Cl2F2NO3S. The zero-order valence-corrected chi connectivity index (χ0v) is 11.2. The lowest BCUT2D eigenvalue weighted by atomic mass is 10.4. The lowest BCUT2D eigenvalue weighted by Crippen LogP contribution is -2.39. The van der Waals surface area contributed by atoms with E-state index in [4.69, 9.17) is 28.3 Å². The molecule has 0 aliphatic rings. The predicted octanol–water partition coefficient (Wildman–Crippen LogP) is 1.90. The Balaban J connectivity index is 3.01. The SMILES string of the molecule is O=S(=O)(NCC(F)(F)CO)c1c(Cl)cccc1Cl. The van der Waals surface area contributed by atoms with E-state index in [1.165, 1.54) is 18.2 Å². The molecule has 1 aromatic carbocycles. The minimum absolute atomic E-state index is 0.178. The Labute approximate surface area is 113 Å².